The molecule has 0 radical (unpaired) electrons. The molecule has 0 spiro atoms. The molecule has 1 aliphatic rings. The molecular formula is C23H24N2O2. The Morgan fingerprint density at radius 2 is 1.70 bits per heavy atom. The largest absolute Gasteiger partial charge is 0.348 e. The Morgan fingerprint density at radius 1 is 1.00 bits per heavy atom. The maximum Gasteiger partial charge on any atom is 0.268 e. The first-order valence-electron chi connectivity index (χ1n) is 9.70. The molecule has 1 aromatic heterocycles. The van der Waals surface area contributed by atoms with Gasteiger partial charge in [-0.3, -0.25) is 9.59 Å². The number of hydrogen-bond acceptors (Lipinski definition) is 2. The number of rotatable bonds is 5. The summed E-state index contributed by atoms with van der Waals surface area (Å²) in [7, 11) is 0. The highest BCUT2D eigenvalue weighted by Crippen LogP contribution is 2.19. The first-order valence-corrected chi connectivity index (χ1v) is 9.70. The molecule has 0 atom stereocenters. The van der Waals surface area contributed by atoms with Gasteiger partial charge in [-0.15, -0.1) is 0 Å². The lowest BCUT2D eigenvalue weighted by Gasteiger charge is -2.17. The molecule has 1 saturated carbocycles. The number of amides is 1. The summed E-state index contributed by atoms with van der Waals surface area (Å²) in [6.45, 7) is 0.487. The van der Waals surface area contributed by atoms with Crippen molar-refractivity contribution in [3.63, 3.8) is 0 Å². The first kappa shape index (κ1) is 17.5. The molecule has 1 heterocycles. The molecule has 2 aromatic carbocycles. The Labute approximate surface area is 158 Å². The van der Waals surface area contributed by atoms with Crippen LogP contribution in [0.3, 0.4) is 0 Å². The second-order valence-corrected chi connectivity index (χ2v) is 7.26. The fraction of sp³-hybridized carbons (Fsp3) is 0.304. The summed E-state index contributed by atoms with van der Waals surface area (Å²) in [5.74, 6) is -0.141. The molecule has 1 aliphatic carbocycles. The van der Waals surface area contributed by atoms with Crippen molar-refractivity contribution >= 4 is 16.7 Å². The number of carbonyl (C=O) groups is 1. The number of aromatic nitrogens is 1. The van der Waals surface area contributed by atoms with Crippen molar-refractivity contribution in [3.05, 3.63) is 82.3 Å². The Bertz CT molecular complexity index is 1000. The SMILES string of the molecule is O=C(NC1CCCC1)c1cc2ccccc2c(=O)n1CCc1ccccc1. The summed E-state index contributed by atoms with van der Waals surface area (Å²) in [6.07, 6.45) is 5.07. The van der Waals surface area contributed by atoms with Crippen molar-refractivity contribution in [1.82, 2.24) is 9.88 Å². The van der Waals surface area contributed by atoms with Gasteiger partial charge in [0.05, 0.1) is 0 Å². The third kappa shape index (κ3) is 3.80. The zero-order valence-corrected chi connectivity index (χ0v) is 15.4. The van der Waals surface area contributed by atoms with E-state index >= 15 is 0 Å². The van der Waals surface area contributed by atoms with Gasteiger partial charge in [-0.25, -0.2) is 0 Å². The molecule has 138 valence electrons. The second kappa shape index (κ2) is 7.78. The lowest BCUT2D eigenvalue weighted by molar-refractivity contribution is 0.0927. The molecule has 0 aliphatic heterocycles. The highest BCUT2D eigenvalue weighted by molar-refractivity contribution is 5.96. The molecule has 4 nitrogen and oxygen atoms in total. The predicted molar refractivity (Wildman–Crippen MR) is 108 cm³/mol. The number of nitrogens with zero attached hydrogens (tertiary/aromatic N) is 1. The summed E-state index contributed by atoms with van der Waals surface area (Å²) in [4.78, 5) is 26.1. The predicted octanol–water partition coefficient (Wildman–Crippen LogP) is 3.92. The van der Waals surface area contributed by atoms with Crippen LogP contribution in [0, 0.1) is 0 Å². The maximum atomic E-state index is 13.1. The van der Waals surface area contributed by atoms with Crippen LogP contribution in [0.5, 0.6) is 0 Å². The molecule has 1 fully saturated rings. The molecule has 1 amide bonds. The second-order valence-electron chi connectivity index (χ2n) is 7.26. The van der Waals surface area contributed by atoms with Crippen LogP contribution in [-0.2, 0) is 13.0 Å². The van der Waals surface area contributed by atoms with Crippen molar-refractivity contribution in [1.29, 1.82) is 0 Å². The van der Waals surface area contributed by atoms with E-state index in [-0.39, 0.29) is 17.5 Å². The summed E-state index contributed by atoms with van der Waals surface area (Å²) in [5.41, 5.74) is 1.52. The fourth-order valence-electron chi connectivity index (χ4n) is 3.92. The van der Waals surface area contributed by atoms with E-state index in [0.29, 0.717) is 24.0 Å². The van der Waals surface area contributed by atoms with Crippen LogP contribution >= 0.6 is 0 Å². The topological polar surface area (TPSA) is 51.1 Å². The normalized spacial score (nSPS) is 14.5. The average Bonchev–Trinajstić information content (AvgIpc) is 3.21. The van der Waals surface area contributed by atoms with Crippen LogP contribution in [0.2, 0.25) is 0 Å². The number of nitrogens with one attached hydrogen (secondary N) is 1. The fourth-order valence-corrected chi connectivity index (χ4v) is 3.92. The van der Waals surface area contributed by atoms with Gasteiger partial charge in [-0.2, -0.15) is 0 Å². The molecule has 4 rings (SSSR count). The van der Waals surface area contributed by atoms with Crippen molar-refractivity contribution < 1.29 is 4.79 Å². The molecule has 0 bridgehead atoms. The van der Waals surface area contributed by atoms with E-state index in [2.05, 4.69) is 5.32 Å². The van der Waals surface area contributed by atoms with Crippen LogP contribution < -0.4 is 10.9 Å². The Hall–Kier alpha value is -2.88. The van der Waals surface area contributed by atoms with Gasteiger partial charge in [-0.05, 0) is 42.3 Å². The Balaban J connectivity index is 1.70. The zero-order chi connectivity index (χ0) is 18.6. The van der Waals surface area contributed by atoms with Crippen molar-refractivity contribution in [2.24, 2.45) is 0 Å². The number of benzene rings is 2. The first-order chi connectivity index (χ1) is 13.2. The highest BCUT2D eigenvalue weighted by atomic mass is 16.2. The van der Waals surface area contributed by atoms with E-state index in [9.17, 15) is 9.59 Å². The van der Waals surface area contributed by atoms with Crippen LogP contribution in [0.15, 0.2) is 65.5 Å². The molecule has 0 saturated heterocycles. The Kier molecular flexibility index (Phi) is 5.05. The standard InChI is InChI=1S/C23H24N2O2/c26-22(24-19-11-5-6-12-19)21-16-18-10-4-7-13-20(18)23(27)25(21)15-14-17-8-2-1-3-9-17/h1-4,7-10,13,16,19H,5-6,11-12,14-15H2,(H,24,26). The van der Waals surface area contributed by atoms with Gasteiger partial charge < -0.3 is 9.88 Å². The van der Waals surface area contributed by atoms with Gasteiger partial charge in [0.15, 0.2) is 0 Å². The van der Waals surface area contributed by atoms with E-state index in [0.717, 1.165) is 36.6 Å². The highest BCUT2D eigenvalue weighted by Gasteiger charge is 2.21. The lowest BCUT2D eigenvalue weighted by Crippen LogP contribution is -2.37. The molecule has 4 heteroatoms. The molecule has 1 N–H and O–H groups in total. The minimum Gasteiger partial charge on any atom is -0.348 e. The monoisotopic (exact) mass is 360 g/mol. The van der Waals surface area contributed by atoms with Gasteiger partial charge in [0, 0.05) is 18.0 Å². The third-order valence-corrected chi connectivity index (χ3v) is 5.41. The van der Waals surface area contributed by atoms with Gasteiger partial charge in [0.25, 0.3) is 11.5 Å². The van der Waals surface area contributed by atoms with Gasteiger partial charge in [-0.1, -0.05) is 61.4 Å². The molecule has 0 unspecified atom stereocenters. The molecule has 3 aromatic rings. The van der Waals surface area contributed by atoms with Crippen LogP contribution in [0.1, 0.15) is 41.7 Å². The minimum absolute atomic E-state index is 0.0967. The number of aryl methyl sites for hydroxylation is 1. The van der Waals surface area contributed by atoms with Crippen LogP contribution in [-0.4, -0.2) is 16.5 Å². The van der Waals surface area contributed by atoms with Gasteiger partial charge in [0.1, 0.15) is 5.69 Å². The minimum atomic E-state index is -0.141. The third-order valence-electron chi connectivity index (χ3n) is 5.41. The molecular weight excluding hydrogens is 336 g/mol. The van der Waals surface area contributed by atoms with Crippen molar-refractivity contribution in [2.75, 3.05) is 0 Å². The van der Waals surface area contributed by atoms with E-state index in [1.54, 1.807) is 4.57 Å². The average molecular weight is 360 g/mol. The summed E-state index contributed by atoms with van der Waals surface area (Å²) >= 11 is 0. The Morgan fingerprint density at radius 3 is 2.48 bits per heavy atom. The molecule has 27 heavy (non-hydrogen) atoms. The number of carbonyl (C=O) groups excluding carboxylic acids is 1. The summed E-state index contributed by atoms with van der Waals surface area (Å²) < 4.78 is 1.64. The van der Waals surface area contributed by atoms with E-state index in [1.807, 2.05) is 60.7 Å². The quantitative estimate of drug-likeness (QED) is 0.750. The number of hydrogen-bond donors (Lipinski definition) is 1. The zero-order valence-electron chi connectivity index (χ0n) is 15.4. The maximum absolute atomic E-state index is 13.1. The smallest absolute Gasteiger partial charge is 0.268 e. The van der Waals surface area contributed by atoms with Crippen molar-refractivity contribution in [2.45, 2.75) is 44.7 Å². The van der Waals surface area contributed by atoms with E-state index in [4.69, 9.17) is 0 Å². The number of pyridine rings is 1. The van der Waals surface area contributed by atoms with Crippen LogP contribution in [0.4, 0.5) is 0 Å². The van der Waals surface area contributed by atoms with E-state index < -0.39 is 0 Å². The summed E-state index contributed by atoms with van der Waals surface area (Å²) in [5, 5.41) is 4.60. The van der Waals surface area contributed by atoms with Crippen LogP contribution in [0.25, 0.3) is 10.8 Å². The summed E-state index contributed by atoms with van der Waals surface area (Å²) in [6, 6.07) is 19.6. The van der Waals surface area contributed by atoms with E-state index in [1.165, 1.54) is 0 Å². The lowest BCUT2D eigenvalue weighted by atomic mass is 10.1. The van der Waals surface area contributed by atoms with Crippen molar-refractivity contribution in [3.8, 4) is 0 Å². The van der Waals surface area contributed by atoms with Gasteiger partial charge >= 0.3 is 0 Å². The van der Waals surface area contributed by atoms with Gasteiger partial charge in [0.2, 0.25) is 0 Å². The number of fused-ring (bicyclic) bond motifs is 1.